The molecule has 4 heterocycles. The van der Waals surface area contributed by atoms with Crippen LogP contribution in [-0.2, 0) is 50.8 Å². The Balaban J connectivity index is 1.44. The number of unbranched alkanes of at least 4 members (excludes halogenated alkanes) is 1. The number of halogens is 4. The van der Waals surface area contributed by atoms with Crippen LogP contribution in [0.15, 0.2) is 30.5 Å². The van der Waals surface area contributed by atoms with E-state index in [4.69, 9.17) is 23.7 Å². The average Bonchev–Trinajstić information content (AvgIpc) is 3.80. The molecule has 0 radical (unpaired) electrons. The number of amides is 1. The number of aliphatic hydroxyl groups is 1. The smallest absolute Gasteiger partial charge is 0.416 e. The van der Waals surface area contributed by atoms with Crippen molar-refractivity contribution >= 4 is 23.6 Å². The second-order valence-electron chi connectivity index (χ2n) is 18.2. The van der Waals surface area contributed by atoms with Gasteiger partial charge in [-0.15, -0.1) is 5.10 Å². The zero-order valence-electron chi connectivity index (χ0n) is 38.0. The Kier molecular flexibility index (Phi) is 15.2. The Morgan fingerprint density at radius 1 is 1.02 bits per heavy atom. The van der Waals surface area contributed by atoms with E-state index in [0.29, 0.717) is 19.3 Å². The highest BCUT2D eigenvalue weighted by atomic mass is 19.4. The third kappa shape index (κ3) is 10.3. The normalized spacial score (nSPS) is 36.2. The number of alkyl halides is 4. The van der Waals surface area contributed by atoms with E-state index < -0.39 is 101 Å². The van der Waals surface area contributed by atoms with Crippen molar-refractivity contribution in [3.05, 3.63) is 36.0 Å². The first kappa shape index (κ1) is 50.0. The molecule has 1 aromatic carbocycles. The molecule has 13 atom stereocenters. The van der Waals surface area contributed by atoms with Crippen LogP contribution in [0.5, 0.6) is 0 Å². The number of hydrogen-bond donors (Lipinski definition) is 1. The van der Waals surface area contributed by atoms with Gasteiger partial charge in [0.2, 0.25) is 0 Å². The number of ketones is 2. The molecule has 0 bridgehead atoms. The summed E-state index contributed by atoms with van der Waals surface area (Å²) < 4.78 is 88.8. The predicted molar refractivity (Wildman–Crippen MR) is 220 cm³/mol. The van der Waals surface area contributed by atoms with E-state index in [0.717, 1.165) is 19.1 Å². The Morgan fingerprint density at radius 2 is 1.68 bits per heavy atom. The molecule has 0 aliphatic carbocycles. The van der Waals surface area contributed by atoms with E-state index in [2.05, 4.69) is 10.3 Å². The maximum atomic E-state index is 16.9. The first-order chi connectivity index (χ1) is 29.3. The number of nitrogens with zero attached hydrogens (tertiary/aromatic N) is 5. The van der Waals surface area contributed by atoms with Gasteiger partial charge in [0.15, 0.2) is 17.7 Å². The molecule has 3 saturated heterocycles. The highest BCUT2D eigenvalue weighted by molar-refractivity contribution is 6.08. The lowest BCUT2D eigenvalue weighted by molar-refractivity contribution is -0.295. The van der Waals surface area contributed by atoms with E-state index in [9.17, 15) is 37.5 Å². The van der Waals surface area contributed by atoms with Gasteiger partial charge in [-0.05, 0) is 86.0 Å². The van der Waals surface area contributed by atoms with Crippen molar-refractivity contribution in [2.75, 3.05) is 27.7 Å². The summed E-state index contributed by atoms with van der Waals surface area (Å²) >= 11 is 0. The lowest BCUT2D eigenvalue weighted by Gasteiger charge is -2.47. The molecule has 63 heavy (non-hydrogen) atoms. The molecular weight excluding hydrogens is 835 g/mol. The Morgan fingerprint density at radius 3 is 2.30 bits per heavy atom. The number of aromatic nitrogens is 3. The standard InChI is InChI=1S/C44H63F4N5O10/c1-12-32-43(8)35(53(40(58)63-43)19-14-13-18-52-23-30(49-50-52)28-16-15-17-29(21-28)44(46,47)48)26(4)33(54)24(2)22-41(6,59-11)37(27(5)36(56)42(7,45)39(57)61-32)62-38-34(55)31(51(9)10)20-25(3)60-38/h15-17,21,23-27,31-32,34-35,37-38,55H,12-14,18-20,22H2,1-11H3/t24-,25-,26+,27+,31+,32-,34-,35-,37-,38+,41-,42+,43-/m1/s1. The summed E-state index contributed by atoms with van der Waals surface area (Å²) in [4.78, 5) is 60.0. The van der Waals surface area contributed by atoms with Crippen molar-refractivity contribution in [2.24, 2.45) is 17.8 Å². The number of likely N-dealkylation sites (N-methyl/N-ethyl adjacent to an activating group) is 1. The third-order valence-electron chi connectivity index (χ3n) is 13.2. The first-order valence-corrected chi connectivity index (χ1v) is 21.6. The second-order valence-corrected chi connectivity index (χ2v) is 18.2. The van der Waals surface area contributed by atoms with E-state index in [-0.39, 0.29) is 49.1 Å². The van der Waals surface area contributed by atoms with E-state index >= 15 is 4.39 Å². The molecule has 3 aliphatic heterocycles. The van der Waals surface area contributed by atoms with Gasteiger partial charge < -0.3 is 38.6 Å². The molecule has 19 heteroatoms. The number of esters is 1. The number of carbonyl (C=O) groups excluding carboxylic acids is 4. The quantitative estimate of drug-likeness (QED) is 0.120. The molecule has 3 aliphatic rings. The first-order valence-electron chi connectivity index (χ1n) is 21.6. The number of methoxy groups -OCH3 is 1. The molecular formula is C44H63F4N5O10. The highest BCUT2D eigenvalue weighted by Crippen LogP contribution is 2.44. The van der Waals surface area contributed by atoms with Gasteiger partial charge >= 0.3 is 18.2 Å². The Hall–Kier alpha value is -4.04. The van der Waals surface area contributed by atoms with Crippen LogP contribution in [0.4, 0.5) is 22.4 Å². The minimum absolute atomic E-state index is 0.0201. The number of ether oxygens (including phenoxy) is 5. The van der Waals surface area contributed by atoms with Crippen molar-refractivity contribution in [3.63, 3.8) is 0 Å². The summed E-state index contributed by atoms with van der Waals surface area (Å²) in [7, 11) is 4.96. The van der Waals surface area contributed by atoms with Crippen molar-refractivity contribution in [1.29, 1.82) is 0 Å². The van der Waals surface area contributed by atoms with E-state index in [1.807, 2.05) is 11.8 Å². The molecule has 1 amide bonds. The molecule has 15 nitrogen and oxygen atoms in total. The van der Waals surface area contributed by atoms with Crippen molar-refractivity contribution < 1.29 is 65.5 Å². The van der Waals surface area contributed by atoms with E-state index in [1.54, 1.807) is 41.8 Å². The Bertz CT molecular complexity index is 1960. The largest absolute Gasteiger partial charge is 0.455 e. The summed E-state index contributed by atoms with van der Waals surface area (Å²) in [5.74, 6) is -6.17. The zero-order chi connectivity index (χ0) is 47.0. The van der Waals surface area contributed by atoms with Crippen LogP contribution in [0.25, 0.3) is 11.3 Å². The average molecular weight is 898 g/mol. The number of hydrogen-bond acceptors (Lipinski definition) is 13. The molecule has 352 valence electrons. The Labute approximate surface area is 366 Å². The lowest BCUT2D eigenvalue weighted by Crippen LogP contribution is -2.61. The maximum absolute atomic E-state index is 16.9. The summed E-state index contributed by atoms with van der Waals surface area (Å²) in [6, 6.07) is 3.33. The molecule has 5 rings (SSSR count). The number of cyclic esters (lactones) is 1. The number of rotatable bonds is 11. The van der Waals surface area contributed by atoms with Crippen molar-refractivity contribution in [1.82, 2.24) is 24.8 Å². The number of Topliss-reactive ketones (excluding diaryl/α,β-unsaturated/α-hetero) is 2. The molecule has 0 saturated carbocycles. The van der Waals surface area contributed by atoms with Gasteiger partial charge in [-0.3, -0.25) is 14.3 Å². The molecule has 1 N–H and O–H groups in total. The minimum Gasteiger partial charge on any atom is -0.455 e. The van der Waals surface area contributed by atoms with Crippen LogP contribution in [0, 0.1) is 17.8 Å². The van der Waals surface area contributed by atoms with Crippen molar-refractivity contribution in [2.45, 2.75) is 160 Å². The molecule has 2 aromatic rings. The highest BCUT2D eigenvalue weighted by Gasteiger charge is 2.61. The fraction of sp³-hybridized carbons (Fsp3) is 0.727. The molecule has 1 aromatic heterocycles. The molecule has 0 spiro atoms. The number of carbonyl (C=O) groups is 4. The van der Waals surface area contributed by atoms with Gasteiger partial charge in [-0.2, -0.15) is 13.2 Å². The van der Waals surface area contributed by atoms with E-state index in [1.165, 1.54) is 48.9 Å². The fourth-order valence-corrected chi connectivity index (χ4v) is 9.66. The number of aryl methyl sites for hydroxylation is 1. The van der Waals surface area contributed by atoms with Gasteiger partial charge in [-0.1, -0.05) is 45.0 Å². The number of benzene rings is 1. The van der Waals surface area contributed by atoms with Crippen LogP contribution < -0.4 is 0 Å². The van der Waals surface area contributed by atoms with Gasteiger partial charge in [0.05, 0.1) is 35.6 Å². The molecule has 0 unspecified atom stereocenters. The summed E-state index contributed by atoms with van der Waals surface area (Å²) in [6.07, 6.45) is -8.10. The van der Waals surface area contributed by atoms with Crippen LogP contribution in [0.1, 0.15) is 93.1 Å². The van der Waals surface area contributed by atoms with Gasteiger partial charge in [0.25, 0.3) is 5.67 Å². The monoisotopic (exact) mass is 897 g/mol. The van der Waals surface area contributed by atoms with Crippen LogP contribution in [0.2, 0.25) is 0 Å². The van der Waals surface area contributed by atoms with Crippen LogP contribution in [0.3, 0.4) is 0 Å². The second kappa shape index (κ2) is 19.2. The number of fused-ring (bicyclic) bond motifs is 1. The fourth-order valence-electron chi connectivity index (χ4n) is 9.66. The summed E-state index contributed by atoms with van der Waals surface area (Å²) in [5.41, 5.74) is -6.75. The zero-order valence-corrected chi connectivity index (χ0v) is 38.0. The van der Waals surface area contributed by atoms with Gasteiger partial charge in [-0.25, -0.2) is 14.0 Å². The van der Waals surface area contributed by atoms with Gasteiger partial charge in [0, 0.05) is 49.6 Å². The van der Waals surface area contributed by atoms with Gasteiger partial charge in [0.1, 0.15) is 23.7 Å². The van der Waals surface area contributed by atoms with Crippen LogP contribution in [-0.4, -0.2) is 141 Å². The van der Waals surface area contributed by atoms with Crippen LogP contribution >= 0.6 is 0 Å². The third-order valence-corrected chi connectivity index (χ3v) is 13.2. The summed E-state index contributed by atoms with van der Waals surface area (Å²) in [6.45, 7) is 12.5. The van der Waals surface area contributed by atoms with Crippen molar-refractivity contribution in [3.8, 4) is 11.3 Å². The predicted octanol–water partition coefficient (Wildman–Crippen LogP) is 6.04. The SMILES string of the molecule is CC[C@H]1OC(=O)[C@@](C)(F)C(=O)[C@H](C)[C@@H](O[C@@H]2O[C@H](C)C[C@H](N(C)C)[C@H]2O)[C@](C)(OC)C[C@@H](C)C(=O)[C@H](C)[C@H]2N(CCCCn3cc(-c4cccc(C(F)(F)F)c4)nn3)C(=O)O[C@]12C. The summed E-state index contributed by atoms with van der Waals surface area (Å²) in [5, 5.41) is 19.5. The maximum Gasteiger partial charge on any atom is 0.416 e. The minimum atomic E-state index is -4.53. The number of aliphatic hydroxyl groups excluding tert-OH is 1. The topological polar surface area (TPSA) is 172 Å². The molecule has 3 fully saturated rings. The lowest BCUT2D eigenvalue weighted by atomic mass is 9.73.